The molecule has 1 aromatic heterocycles. The zero-order chi connectivity index (χ0) is 13.8. The van der Waals surface area contributed by atoms with E-state index in [1.807, 2.05) is 0 Å². The van der Waals surface area contributed by atoms with Gasteiger partial charge in [0.25, 0.3) is 0 Å². The smallest absolute Gasteiger partial charge is 0.341 e. The van der Waals surface area contributed by atoms with Gasteiger partial charge in [-0.15, -0.1) is 0 Å². The lowest BCUT2D eigenvalue weighted by Crippen LogP contribution is -2.07. The molecule has 0 aliphatic rings. The molecular formula is C14H12FNO3. The number of ether oxygens (including phenoxy) is 1. The Morgan fingerprint density at radius 3 is 2.74 bits per heavy atom. The molecule has 0 unspecified atom stereocenters. The fourth-order valence-electron chi connectivity index (χ4n) is 1.67. The van der Waals surface area contributed by atoms with E-state index in [0.29, 0.717) is 11.3 Å². The van der Waals surface area contributed by atoms with Crippen LogP contribution in [0.25, 0.3) is 11.3 Å². The summed E-state index contributed by atoms with van der Waals surface area (Å²) in [5.41, 5.74) is 0.678. The summed E-state index contributed by atoms with van der Waals surface area (Å²) in [5.74, 6) is -1.38. The third kappa shape index (κ3) is 2.88. The Hall–Kier alpha value is -2.43. The lowest BCUT2D eigenvalue weighted by Gasteiger charge is -2.06. The highest BCUT2D eigenvalue weighted by Gasteiger charge is 2.13. The van der Waals surface area contributed by atoms with E-state index in [0.717, 1.165) is 0 Å². The molecule has 0 radical (unpaired) electrons. The molecule has 1 N–H and O–H groups in total. The Morgan fingerprint density at radius 1 is 1.32 bits per heavy atom. The number of aromatic nitrogens is 1. The van der Waals surface area contributed by atoms with Crippen LogP contribution < -0.4 is 5.43 Å². The predicted molar refractivity (Wildman–Crippen MR) is 68.4 cm³/mol. The van der Waals surface area contributed by atoms with Crippen molar-refractivity contribution >= 4 is 5.97 Å². The summed E-state index contributed by atoms with van der Waals surface area (Å²) < 4.78 is 18.6. The molecule has 98 valence electrons. The highest BCUT2D eigenvalue weighted by Crippen LogP contribution is 2.19. The molecule has 0 fully saturated rings. The van der Waals surface area contributed by atoms with Gasteiger partial charge in [-0.2, -0.15) is 0 Å². The molecular weight excluding hydrogens is 249 g/mol. The minimum Gasteiger partial charge on any atom is -0.462 e. The summed E-state index contributed by atoms with van der Waals surface area (Å²) in [7, 11) is 0. The number of carbonyl (C=O) groups is 1. The number of esters is 1. The molecule has 4 nitrogen and oxygen atoms in total. The van der Waals surface area contributed by atoms with E-state index < -0.39 is 11.8 Å². The van der Waals surface area contributed by atoms with Crippen molar-refractivity contribution in [3.05, 3.63) is 58.1 Å². The number of benzene rings is 1. The number of H-pyrrole nitrogens is 1. The van der Waals surface area contributed by atoms with Gasteiger partial charge in [-0.1, -0.05) is 6.07 Å². The lowest BCUT2D eigenvalue weighted by atomic mass is 10.1. The molecule has 2 aromatic rings. The van der Waals surface area contributed by atoms with Gasteiger partial charge in [-0.3, -0.25) is 4.79 Å². The minimum absolute atomic E-state index is 0.121. The molecule has 0 atom stereocenters. The van der Waals surface area contributed by atoms with Crippen molar-refractivity contribution in [1.29, 1.82) is 0 Å². The first-order valence-electron chi connectivity index (χ1n) is 5.77. The van der Waals surface area contributed by atoms with Gasteiger partial charge in [0.15, 0.2) is 5.43 Å². The van der Waals surface area contributed by atoms with E-state index in [9.17, 15) is 14.0 Å². The van der Waals surface area contributed by atoms with Crippen LogP contribution in [-0.4, -0.2) is 17.6 Å². The largest absolute Gasteiger partial charge is 0.462 e. The van der Waals surface area contributed by atoms with Gasteiger partial charge in [-0.05, 0) is 19.1 Å². The second kappa shape index (κ2) is 5.48. The molecule has 2 rings (SSSR count). The Bertz CT molecular complexity index is 664. The molecule has 1 heterocycles. The third-order valence-electron chi connectivity index (χ3n) is 2.55. The van der Waals surface area contributed by atoms with Crippen LogP contribution in [0.2, 0.25) is 0 Å². The predicted octanol–water partition coefficient (Wildman–Crippen LogP) is 2.36. The molecule has 0 bridgehead atoms. The molecule has 0 aliphatic heterocycles. The van der Waals surface area contributed by atoms with Crippen LogP contribution in [0.15, 0.2) is 41.3 Å². The third-order valence-corrected chi connectivity index (χ3v) is 2.55. The van der Waals surface area contributed by atoms with Crippen molar-refractivity contribution in [1.82, 2.24) is 4.98 Å². The average molecular weight is 261 g/mol. The van der Waals surface area contributed by atoms with Crippen LogP contribution in [0.5, 0.6) is 0 Å². The van der Waals surface area contributed by atoms with Gasteiger partial charge in [-0.25, -0.2) is 9.18 Å². The second-order valence-corrected chi connectivity index (χ2v) is 3.85. The summed E-state index contributed by atoms with van der Waals surface area (Å²) in [5, 5.41) is 0. The van der Waals surface area contributed by atoms with Crippen molar-refractivity contribution in [3.8, 4) is 11.3 Å². The van der Waals surface area contributed by atoms with Crippen molar-refractivity contribution < 1.29 is 13.9 Å². The topological polar surface area (TPSA) is 59.2 Å². The van der Waals surface area contributed by atoms with Crippen LogP contribution in [0.3, 0.4) is 0 Å². The van der Waals surface area contributed by atoms with E-state index in [1.165, 1.54) is 30.5 Å². The van der Waals surface area contributed by atoms with Crippen molar-refractivity contribution in [2.75, 3.05) is 6.61 Å². The van der Waals surface area contributed by atoms with Crippen LogP contribution in [0, 0.1) is 5.82 Å². The zero-order valence-electron chi connectivity index (χ0n) is 10.3. The first kappa shape index (κ1) is 13.0. The van der Waals surface area contributed by atoms with E-state index in [4.69, 9.17) is 4.74 Å². The molecule has 0 saturated carbocycles. The van der Waals surface area contributed by atoms with E-state index >= 15 is 0 Å². The maximum absolute atomic E-state index is 13.8. The number of rotatable bonds is 3. The monoisotopic (exact) mass is 261 g/mol. The minimum atomic E-state index is -0.701. The van der Waals surface area contributed by atoms with Gasteiger partial charge in [0.2, 0.25) is 0 Å². The summed E-state index contributed by atoms with van der Waals surface area (Å²) in [4.78, 5) is 25.5. The van der Waals surface area contributed by atoms with Crippen LogP contribution >= 0.6 is 0 Å². The number of hydrogen-bond donors (Lipinski definition) is 1. The first-order valence-corrected chi connectivity index (χ1v) is 5.77. The summed E-state index contributed by atoms with van der Waals surface area (Å²) in [6.07, 6.45) is 1.48. The molecule has 0 aliphatic carbocycles. The fraction of sp³-hybridized carbons (Fsp3) is 0.143. The second-order valence-electron chi connectivity index (χ2n) is 3.85. The number of aromatic amines is 1. The van der Waals surface area contributed by atoms with Crippen LogP contribution in [-0.2, 0) is 4.74 Å². The summed E-state index contributed by atoms with van der Waals surface area (Å²) in [6.45, 7) is 1.84. The molecule has 0 spiro atoms. The number of halogens is 1. The Morgan fingerprint density at radius 2 is 2.11 bits per heavy atom. The van der Waals surface area contributed by atoms with Gasteiger partial charge < -0.3 is 9.72 Å². The Labute approximate surface area is 108 Å². The molecule has 1 aromatic carbocycles. The number of hydrogen-bond acceptors (Lipinski definition) is 3. The highest BCUT2D eigenvalue weighted by atomic mass is 19.1. The molecule has 5 heteroatoms. The molecule has 0 saturated heterocycles. The lowest BCUT2D eigenvalue weighted by molar-refractivity contribution is 0.0521. The van der Waals surface area contributed by atoms with E-state index in [1.54, 1.807) is 13.0 Å². The number of nitrogens with one attached hydrogen (secondary N) is 1. The van der Waals surface area contributed by atoms with Crippen LogP contribution in [0.4, 0.5) is 4.39 Å². The molecule has 0 amide bonds. The van der Waals surface area contributed by atoms with Crippen molar-refractivity contribution in [2.24, 2.45) is 0 Å². The maximum Gasteiger partial charge on any atom is 0.341 e. The van der Waals surface area contributed by atoms with E-state index in [-0.39, 0.29) is 17.6 Å². The fourth-order valence-corrected chi connectivity index (χ4v) is 1.67. The summed E-state index contributed by atoms with van der Waals surface area (Å²) in [6, 6.07) is 6.82. The van der Waals surface area contributed by atoms with Crippen LogP contribution in [0.1, 0.15) is 17.3 Å². The quantitative estimate of drug-likeness (QED) is 0.863. The van der Waals surface area contributed by atoms with Gasteiger partial charge >= 0.3 is 5.97 Å². The Kier molecular flexibility index (Phi) is 3.75. The highest BCUT2D eigenvalue weighted by molar-refractivity contribution is 5.90. The first-order chi connectivity index (χ1) is 9.11. The SMILES string of the molecule is CCOC(=O)c1ccc(-c2cc(=O)cc[nH]2)cc1F. The molecule has 19 heavy (non-hydrogen) atoms. The van der Waals surface area contributed by atoms with E-state index in [2.05, 4.69) is 4.98 Å². The maximum atomic E-state index is 13.8. The summed E-state index contributed by atoms with van der Waals surface area (Å²) >= 11 is 0. The van der Waals surface area contributed by atoms with Crippen molar-refractivity contribution in [2.45, 2.75) is 6.92 Å². The average Bonchev–Trinajstić information content (AvgIpc) is 2.38. The zero-order valence-corrected chi connectivity index (χ0v) is 10.3. The van der Waals surface area contributed by atoms with Gasteiger partial charge in [0.05, 0.1) is 12.2 Å². The van der Waals surface area contributed by atoms with Crippen molar-refractivity contribution in [3.63, 3.8) is 0 Å². The number of carbonyl (C=O) groups excluding carboxylic acids is 1. The standard InChI is InChI=1S/C14H12FNO3/c1-2-19-14(18)11-4-3-9(7-12(11)15)13-8-10(17)5-6-16-13/h3-8H,2H2,1H3,(H,16,17). The Balaban J connectivity index is 2.39. The number of pyridine rings is 1. The van der Waals surface area contributed by atoms with Gasteiger partial charge in [0.1, 0.15) is 5.82 Å². The normalized spacial score (nSPS) is 10.2. The van der Waals surface area contributed by atoms with Gasteiger partial charge in [0, 0.05) is 29.6 Å².